The van der Waals surface area contributed by atoms with Crippen molar-refractivity contribution in [1.29, 1.82) is 0 Å². The molecule has 4 rings (SSSR count). The van der Waals surface area contributed by atoms with E-state index < -0.39 is 9.84 Å². The van der Waals surface area contributed by atoms with Crippen LogP contribution in [0.1, 0.15) is 24.3 Å². The number of nitrogens with zero attached hydrogens (tertiary/aromatic N) is 2. The minimum Gasteiger partial charge on any atom is -0.363 e. The van der Waals surface area contributed by atoms with Gasteiger partial charge in [-0.15, -0.1) is 0 Å². The van der Waals surface area contributed by atoms with Gasteiger partial charge in [-0.1, -0.05) is 6.07 Å². The molecule has 0 saturated carbocycles. The summed E-state index contributed by atoms with van der Waals surface area (Å²) in [6.07, 6.45) is 5.36. The number of nitrogens with one attached hydrogen (secondary N) is 1. The van der Waals surface area contributed by atoms with Crippen LogP contribution in [0.3, 0.4) is 0 Å². The summed E-state index contributed by atoms with van der Waals surface area (Å²) in [5, 5.41) is 1.18. The molecule has 1 aromatic carbocycles. The van der Waals surface area contributed by atoms with E-state index >= 15 is 0 Å². The normalized spacial score (nSPS) is 17.5. The first-order valence-electron chi connectivity index (χ1n) is 8.88. The van der Waals surface area contributed by atoms with Crippen LogP contribution >= 0.6 is 0 Å². The van der Waals surface area contributed by atoms with Gasteiger partial charge >= 0.3 is 0 Å². The summed E-state index contributed by atoms with van der Waals surface area (Å²) in [5.41, 5.74) is 4.53. The van der Waals surface area contributed by atoms with E-state index in [0.29, 0.717) is 30.3 Å². The molecule has 0 unspecified atom stereocenters. The van der Waals surface area contributed by atoms with E-state index in [1.54, 1.807) is 0 Å². The van der Waals surface area contributed by atoms with Gasteiger partial charge in [-0.05, 0) is 54.2 Å². The van der Waals surface area contributed by atoms with Gasteiger partial charge in [0.15, 0.2) is 0 Å². The van der Waals surface area contributed by atoms with Crippen molar-refractivity contribution in [3.8, 4) is 11.1 Å². The third-order valence-electron chi connectivity index (χ3n) is 5.25. The summed E-state index contributed by atoms with van der Waals surface area (Å²) >= 11 is 0. The molecule has 6 heteroatoms. The summed E-state index contributed by atoms with van der Waals surface area (Å²) < 4.78 is 23.5. The van der Waals surface area contributed by atoms with E-state index in [1.807, 2.05) is 37.5 Å². The summed E-state index contributed by atoms with van der Waals surface area (Å²) in [5.74, 6) is 1.82. The van der Waals surface area contributed by atoms with Crippen molar-refractivity contribution >= 4 is 26.6 Å². The minimum atomic E-state index is -2.84. The molecule has 2 aromatic heterocycles. The maximum atomic E-state index is 11.7. The van der Waals surface area contributed by atoms with E-state index in [0.717, 1.165) is 22.5 Å². The highest BCUT2D eigenvalue weighted by Crippen LogP contribution is 2.35. The number of rotatable bonds is 3. The molecule has 0 amide bonds. The second-order valence-corrected chi connectivity index (χ2v) is 9.53. The highest BCUT2D eigenvalue weighted by atomic mass is 32.2. The number of aromatic amines is 1. The van der Waals surface area contributed by atoms with Gasteiger partial charge in [0, 0.05) is 43.0 Å². The summed E-state index contributed by atoms with van der Waals surface area (Å²) in [6.45, 7) is 0. The van der Waals surface area contributed by atoms with Crippen LogP contribution in [-0.2, 0) is 9.84 Å². The van der Waals surface area contributed by atoms with Crippen LogP contribution in [0.5, 0.6) is 0 Å². The average molecular weight is 369 g/mol. The second-order valence-electron chi connectivity index (χ2n) is 7.23. The van der Waals surface area contributed by atoms with Crippen molar-refractivity contribution in [3.63, 3.8) is 0 Å². The van der Waals surface area contributed by atoms with Gasteiger partial charge in [0.1, 0.15) is 15.7 Å². The molecule has 26 heavy (non-hydrogen) atoms. The fraction of sp³-hybridized carbons (Fsp3) is 0.350. The van der Waals surface area contributed by atoms with Crippen molar-refractivity contribution in [2.45, 2.75) is 18.8 Å². The molecule has 3 aromatic rings. The summed E-state index contributed by atoms with van der Waals surface area (Å²) in [7, 11) is 1.11. The molecule has 0 radical (unpaired) electrons. The molecule has 0 bridgehead atoms. The Balaban J connectivity index is 1.68. The van der Waals surface area contributed by atoms with Gasteiger partial charge in [0.25, 0.3) is 0 Å². The maximum absolute atomic E-state index is 11.7. The van der Waals surface area contributed by atoms with Crippen molar-refractivity contribution in [3.05, 3.63) is 48.3 Å². The fourth-order valence-corrected chi connectivity index (χ4v) is 5.17. The highest BCUT2D eigenvalue weighted by Gasteiger charge is 2.26. The summed E-state index contributed by atoms with van der Waals surface area (Å²) in [4.78, 5) is 9.82. The van der Waals surface area contributed by atoms with Gasteiger partial charge < -0.3 is 9.88 Å². The standard InChI is InChI=1S/C20H23N3O2S/c1-23(2)20-6-4-16(12-22-20)15-3-5-19-17(11-15)18(13-21-19)14-7-9-26(24,25)10-8-14/h3-6,11-14,21H,7-10H2,1-2H3. The number of H-pyrrole nitrogens is 1. The van der Waals surface area contributed by atoms with Crippen LogP contribution in [0.4, 0.5) is 5.82 Å². The van der Waals surface area contributed by atoms with Gasteiger partial charge in [-0.2, -0.15) is 0 Å². The Hall–Kier alpha value is -2.34. The van der Waals surface area contributed by atoms with Crippen LogP contribution in [0.25, 0.3) is 22.0 Å². The Bertz CT molecular complexity index is 1020. The number of benzene rings is 1. The van der Waals surface area contributed by atoms with E-state index in [9.17, 15) is 8.42 Å². The predicted octanol–water partition coefficient (Wildman–Crippen LogP) is 3.59. The lowest BCUT2D eigenvalue weighted by molar-refractivity contribution is 0.551. The lowest BCUT2D eigenvalue weighted by atomic mass is 9.92. The maximum Gasteiger partial charge on any atom is 0.150 e. The lowest BCUT2D eigenvalue weighted by Gasteiger charge is -2.21. The monoisotopic (exact) mass is 369 g/mol. The number of aromatic nitrogens is 2. The molecule has 1 N–H and O–H groups in total. The topological polar surface area (TPSA) is 66.1 Å². The Morgan fingerprint density at radius 1 is 1.08 bits per heavy atom. The zero-order valence-corrected chi connectivity index (χ0v) is 15.9. The molecule has 1 saturated heterocycles. The molecule has 1 aliphatic heterocycles. The van der Waals surface area contributed by atoms with E-state index in [1.165, 1.54) is 10.9 Å². The zero-order chi connectivity index (χ0) is 18.3. The Morgan fingerprint density at radius 3 is 2.46 bits per heavy atom. The van der Waals surface area contributed by atoms with Gasteiger partial charge in [0.2, 0.25) is 0 Å². The number of fused-ring (bicyclic) bond motifs is 1. The van der Waals surface area contributed by atoms with E-state index in [-0.39, 0.29) is 0 Å². The fourth-order valence-electron chi connectivity index (χ4n) is 3.68. The molecule has 5 nitrogen and oxygen atoms in total. The first kappa shape index (κ1) is 17.1. The average Bonchev–Trinajstić information content (AvgIpc) is 3.05. The first-order valence-corrected chi connectivity index (χ1v) is 10.7. The van der Waals surface area contributed by atoms with Crippen LogP contribution in [0, 0.1) is 0 Å². The quantitative estimate of drug-likeness (QED) is 0.766. The highest BCUT2D eigenvalue weighted by molar-refractivity contribution is 7.91. The first-order chi connectivity index (χ1) is 12.4. The molecule has 136 valence electrons. The minimum absolute atomic E-state index is 0.292. The summed E-state index contributed by atoms with van der Waals surface area (Å²) in [6, 6.07) is 10.5. The van der Waals surface area contributed by atoms with Gasteiger partial charge in [-0.3, -0.25) is 0 Å². The lowest BCUT2D eigenvalue weighted by Crippen LogP contribution is -2.21. The van der Waals surface area contributed by atoms with Crippen molar-refractivity contribution in [1.82, 2.24) is 9.97 Å². The number of anilines is 1. The number of pyridine rings is 1. The van der Waals surface area contributed by atoms with Crippen molar-refractivity contribution in [2.24, 2.45) is 0 Å². The van der Waals surface area contributed by atoms with Gasteiger partial charge in [-0.25, -0.2) is 13.4 Å². The Morgan fingerprint density at radius 2 is 1.81 bits per heavy atom. The van der Waals surface area contributed by atoms with Crippen LogP contribution in [0.2, 0.25) is 0 Å². The predicted molar refractivity (Wildman–Crippen MR) is 106 cm³/mol. The molecule has 0 atom stereocenters. The number of hydrogen-bond donors (Lipinski definition) is 1. The Labute approximate surface area is 154 Å². The van der Waals surface area contributed by atoms with Crippen LogP contribution < -0.4 is 4.90 Å². The Kier molecular flexibility index (Phi) is 4.23. The molecular weight excluding hydrogens is 346 g/mol. The molecule has 0 aliphatic carbocycles. The molecule has 1 fully saturated rings. The smallest absolute Gasteiger partial charge is 0.150 e. The van der Waals surface area contributed by atoms with Crippen molar-refractivity contribution in [2.75, 3.05) is 30.5 Å². The molecular formula is C20H23N3O2S. The largest absolute Gasteiger partial charge is 0.363 e. The molecule has 0 spiro atoms. The number of sulfone groups is 1. The third-order valence-corrected chi connectivity index (χ3v) is 6.96. The third kappa shape index (κ3) is 3.21. The van der Waals surface area contributed by atoms with Gasteiger partial charge in [0.05, 0.1) is 11.5 Å². The molecule has 3 heterocycles. The van der Waals surface area contributed by atoms with E-state index in [2.05, 4.69) is 34.2 Å². The number of hydrogen-bond acceptors (Lipinski definition) is 4. The zero-order valence-electron chi connectivity index (χ0n) is 15.1. The van der Waals surface area contributed by atoms with E-state index in [4.69, 9.17) is 0 Å². The molecule has 1 aliphatic rings. The van der Waals surface area contributed by atoms with Crippen LogP contribution in [-0.4, -0.2) is 44.0 Å². The SMILES string of the molecule is CN(C)c1ccc(-c2ccc3[nH]cc(C4CCS(=O)(=O)CC4)c3c2)cn1. The van der Waals surface area contributed by atoms with Crippen molar-refractivity contribution < 1.29 is 8.42 Å². The second kappa shape index (κ2) is 6.43. The van der Waals surface area contributed by atoms with Crippen LogP contribution in [0.15, 0.2) is 42.7 Å².